The molecule has 0 aliphatic heterocycles. The lowest BCUT2D eigenvalue weighted by Crippen LogP contribution is -2.16. The lowest BCUT2D eigenvalue weighted by molar-refractivity contribution is 0.0473. The number of hydrogen-bond acceptors (Lipinski definition) is 4. The predicted octanol–water partition coefficient (Wildman–Crippen LogP) is 5.81. The van der Waals surface area contributed by atoms with E-state index in [9.17, 15) is 9.59 Å². The van der Waals surface area contributed by atoms with Crippen LogP contribution in [-0.4, -0.2) is 29.6 Å². The van der Waals surface area contributed by atoms with E-state index in [1.54, 1.807) is 13.8 Å². The van der Waals surface area contributed by atoms with Crippen molar-refractivity contribution in [2.24, 2.45) is 0 Å². The van der Waals surface area contributed by atoms with Crippen molar-refractivity contribution in [2.45, 2.75) is 79.6 Å². The maximum absolute atomic E-state index is 12.9. The molecule has 2 aromatic heterocycles. The van der Waals surface area contributed by atoms with Gasteiger partial charge in [0.05, 0.1) is 24.3 Å². The number of carbonyl (C=O) groups excluding carboxylic acids is 2. The Hall–Kier alpha value is -2.30. The van der Waals surface area contributed by atoms with Gasteiger partial charge in [-0.15, -0.1) is 0 Å². The molecular formula is C24H35NO4. The Morgan fingerprint density at radius 3 is 2.17 bits per heavy atom. The number of rotatable bonds is 11. The molecular weight excluding hydrogens is 366 g/mol. The van der Waals surface area contributed by atoms with Crippen molar-refractivity contribution >= 4 is 17.5 Å². The third-order valence-corrected chi connectivity index (χ3v) is 5.19. The van der Waals surface area contributed by atoms with Crippen LogP contribution in [0.1, 0.15) is 96.8 Å². The highest BCUT2D eigenvalue weighted by Gasteiger charge is 2.30. The molecule has 0 amide bonds. The summed E-state index contributed by atoms with van der Waals surface area (Å²) in [6.45, 7) is 10.3. The Labute approximate surface area is 174 Å². The average Bonchev–Trinajstić information content (AvgIpc) is 2.99. The number of ether oxygens (including phenoxy) is 2. The molecule has 0 spiro atoms. The second-order valence-corrected chi connectivity index (χ2v) is 7.58. The molecule has 0 radical (unpaired) electrons. The van der Waals surface area contributed by atoms with Crippen molar-refractivity contribution in [2.75, 3.05) is 13.2 Å². The molecule has 0 saturated carbocycles. The molecule has 2 rings (SSSR count). The highest BCUT2D eigenvalue weighted by molar-refractivity contribution is 6.06. The predicted molar refractivity (Wildman–Crippen MR) is 116 cm³/mol. The van der Waals surface area contributed by atoms with Gasteiger partial charge in [-0.25, -0.2) is 9.59 Å². The van der Waals surface area contributed by atoms with Crippen molar-refractivity contribution in [3.05, 3.63) is 40.2 Å². The summed E-state index contributed by atoms with van der Waals surface area (Å²) in [6, 6.07) is 2.09. The first-order chi connectivity index (χ1) is 14.0. The molecule has 0 unspecified atom stereocenters. The maximum Gasteiger partial charge on any atom is 0.356 e. The van der Waals surface area contributed by atoms with Crippen molar-refractivity contribution in [3.63, 3.8) is 0 Å². The number of pyridine rings is 1. The first-order valence-electron chi connectivity index (χ1n) is 10.9. The summed E-state index contributed by atoms with van der Waals surface area (Å²) in [4.78, 5) is 25.7. The van der Waals surface area contributed by atoms with Gasteiger partial charge in [-0.1, -0.05) is 45.1 Å². The van der Waals surface area contributed by atoms with Gasteiger partial charge in [-0.2, -0.15) is 0 Å². The van der Waals surface area contributed by atoms with Crippen LogP contribution in [0.15, 0.2) is 12.3 Å². The number of nitrogens with zero attached hydrogens (tertiary/aromatic N) is 1. The minimum atomic E-state index is -0.482. The molecule has 0 bridgehead atoms. The second-order valence-electron chi connectivity index (χ2n) is 7.58. The van der Waals surface area contributed by atoms with E-state index in [1.807, 2.05) is 24.4 Å². The summed E-state index contributed by atoms with van der Waals surface area (Å²) in [5.74, 6) is -0.929. The summed E-state index contributed by atoms with van der Waals surface area (Å²) >= 11 is 0. The normalized spacial score (nSPS) is 11.1. The van der Waals surface area contributed by atoms with Crippen molar-refractivity contribution in [1.82, 2.24) is 4.40 Å². The van der Waals surface area contributed by atoms with Crippen molar-refractivity contribution < 1.29 is 19.1 Å². The Morgan fingerprint density at radius 1 is 0.897 bits per heavy atom. The minimum absolute atomic E-state index is 0.256. The van der Waals surface area contributed by atoms with Gasteiger partial charge >= 0.3 is 11.9 Å². The molecule has 0 aliphatic carbocycles. The van der Waals surface area contributed by atoms with Crippen LogP contribution in [0.3, 0.4) is 0 Å². The van der Waals surface area contributed by atoms with Gasteiger partial charge in [0.1, 0.15) is 5.69 Å². The summed E-state index contributed by atoms with van der Waals surface area (Å²) in [7, 11) is 0. The van der Waals surface area contributed by atoms with E-state index in [0.717, 1.165) is 41.5 Å². The van der Waals surface area contributed by atoms with Gasteiger partial charge in [0.15, 0.2) is 0 Å². The third-order valence-electron chi connectivity index (χ3n) is 5.19. The Morgan fingerprint density at radius 2 is 1.52 bits per heavy atom. The molecule has 2 aromatic rings. The molecule has 160 valence electrons. The van der Waals surface area contributed by atoms with E-state index in [-0.39, 0.29) is 18.9 Å². The summed E-state index contributed by atoms with van der Waals surface area (Å²) in [5, 5.41) is 0. The average molecular weight is 402 g/mol. The fourth-order valence-corrected chi connectivity index (χ4v) is 4.00. The number of carbonyl (C=O) groups is 2. The van der Waals surface area contributed by atoms with Crippen molar-refractivity contribution in [3.8, 4) is 0 Å². The number of hydrogen-bond donors (Lipinski definition) is 0. The zero-order chi connectivity index (χ0) is 21.4. The van der Waals surface area contributed by atoms with E-state index in [2.05, 4.69) is 13.0 Å². The van der Waals surface area contributed by atoms with Gasteiger partial charge in [-0.3, -0.25) is 0 Å². The zero-order valence-electron chi connectivity index (χ0n) is 18.6. The Balaban J connectivity index is 2.54. The molecule has 29 heavy (non-hydrogen) atoms. The van der Waals surface area contributed by atoms with Crippen LogP contribution in [0.4, 0.5) is 0 Å². The molecule has 0 atom stereocenters. The van der Waals surface area contributed by atoms with Gasteiger partial charge in [0.25, 0.3) is 0 Å². The lowest BCUT2D eigenvalue weighted by Gasteiger charge is -2.07. The molecule has 5 heteroatoms. The first-order valence-corrected chi connectivity index (χ1v) is 10.9. The van der Waals surface area contributed by atoms with Gasteiger partial charge in [0.2, 0.25) is 0 Å². The van der Waals surface area contributed by atoms with Crippen LogP contribution in [0.2, 0.25) is 0 Å². The fourth-order valence-electron chi connectivity index (χ4n) is 4.00. The minimum Gasteiger partial charge on any atom is -0.462 e. The smallest absolute Gasteiger partial charge is 0.356 e. The van der Waals surface area contributed by atoms with Gasteiger partial charge in [-0.05, 0) is 57.2 Å². The molecule has 0 aliphatic rings. The molecule has 0 aromatic carbocycles. The van der Waals surface area contributed by atoms with Crippen molar-refractivity contribution in [1.29, 1.82) is 0 Å². The Bertz CT molecular complexity index is 850. The number of unbranched alkanes of at least 4 members (excludes halogenated alkanes) is 5. The van der Waals surface area contributed by atoms with Gasteiger partial charge < -0.3 is 13.9 Å². The van der Waals surface area contributed by atoms with Crippen LogP contribution in [0.5, 0.6) is 0 Å². The lowest BCUT2D eigenvalue weighted by atomic mass is 9.99. The highest BCUT2D eigenvalue weighted by atomic mass is 16.5. The Kier molecular flexibility index (Phi) is 8.74. The molecule has 0 N–H and O–H groups in total. The van der Waals surface area contributed by atoms with Crippen LogP contribution >= 0.6 is 0 Å². The van der Waals surface area contributed by atoms with E-state index < -0.39 is 11.9 Å². The monoisotopic (exact) mass is 401 g/mol. The standard InChI is InChI=1S/C24H35NO4/c1-6-9-10-11-12-13-14-19-20(23(26)28-7-2)22(24(27)29-8-3)25-16-17(4)15-18(5)21(19)25/h15-16H,6-14H2,1-5H3. The van der Waals surface area contributed by atoms with E-state index in [0.29, 0.717) is 5.56 Å². The summed E-state index contributed by atoms with van der Waals surface area (Å²) < 4.78 is 12.5. The highest BCUT2D eigenvalue weighted by Crippen LogP contribution is 2.30. The number of esters is 2. The second kappa shape index (κ2) is 11.0. The van der Waals surface area contributed by atoms with E-state index >= 15 is 0 Å². The summed E-state index contributed by atoms with van der Waals surface area (Å²) in [5.41, 5.74) is 4.56. The van der Waals surface area contributed by atoms with Gasteiger partial charge in [0, 0.05) is 6.20 Å². The largest absolute Gasteiger partial charge is 0.462 e. The topological polar surface area (TPSA) is 57.0 Å². The first kappa shape index (κ1) is 23.0. The number of aryl methyl sites for hydroxylation is 3. The summed E-state index contributed by atoms with van der Waals surface area (Å²) in [6.07, 6.45) is 9.65. The van der Waals surface area contributed by atoms with Crippen LogP contribution in [-0.2, 0) is 15.9 Å². The quantitative estimate of drug-likeness (QED) is 0.352. The fraction of sp³-hybridized carbons (Fsp3) is 0.583. The maximum atomic E-state index is 12.9. The number of fused-ring (bicyclic) bond motifs is 1. The zero-order valence-corrected chi connectivity index (χ0v) is 18.6. The molecule has 2 heterocycles. The number of aromatic nitrogens is 1. The van der Waals surface area contributed by atoms with Crippen LogP contribution < -0.4 is 0 Å². The van der Waals surface area contributed by atoms with Crippen LogP contribution in [0, 0.1) is 13.8 Å². The molecule has 0 saturated heterocycles. The van der Waals surface area contributed by atoms with E-state index in [4.69, 9.17) is 9.47 Å². The molecule has 5 nitrogen and oxygen atoms in total. The van der Waals surface area contributed by atoms with Crippen LogP contribution in [0.25, 0.3) is 5.52 Å². The third kappa shape index (κ3) is 5.40. The van der Waals surface area contributed by atoms with E-state index in [1.165, 1.54) is 25.7 Å². The SMILES string of the molecule is CCCCCCCCc1c(C(=O)OCC)c(C(=O)OCC)n2cc(C)cc(C)c12. The molecule has 0 fully saturated rings.